The topological polar surface area (TPSA) is 86.7 Å². The van der Waals surface area contributed by atoms with E-state index in [0.717, 1.165) is 12.5 Å². The molecule has 1 aromatic rings. The number of nitrogens with one attached hydrogen (secondary N) is 1. The molecule has 0 aliphatic carbocycles. The van der Waals surface area contributed by atoms with Crippen molar-refractivity contribution in [2.75, 3.05) is 19.6 Å². The van der Waals surface area contributed by atoms with Crippen LogP contribution >= 0.6 is 0 Å². The van der Waals surface area contributed by atoms with Gasteiger partial charge < -0.3 is 15.3 Å². The summed E-state index contributed by atoms with van der Waals surface area (Å²) in [5.41, 5.74) is 1.07. The first kappa shape index (κ1) is 14.8. The molecule has 21 heavy (non-hydrogen) atoms. The van der Waals surface area contributed by atoms with Crippen molar-refractivity contribution < 1.29 is 19.5 Å². The molecule has 110 valence electrons. The van der Waals surface area contributed by atoms with Gasteiger partial charge in [-0.2, -0.15) is 0 Å². The molecular weight excluding hydrogens is 272 g/mol. The van der Waals surface area contributed by atoms with E-state index in [-0.39, 0.29) is 18.4 Å². The number of nitrogens with zero attached hydrogens (tertiary/aromatic N) is 1. The molecule has 1 aliphatic rings. The van der Waals surface area contributed by atoms with Gasteiger partial charge in [0.1, 0.15) is 0 Å². The van der Waals surface area contributed by atoms with Crippen molar-refractivity contribution in [3.8, 4) is 0 Å². The molecule has 0 unspecified atom stereocenters. The number of carbonyl (C=O) groups excluding carboxylic acids is 2. The van der Waals surface area contributed by atoms with Crippen LogP contribution in [0.3, 0.4) is 0 Å². The Labute approximate surface area is 122 Å². The SMILES string of the molecule is O=C(O)C=Cc1cccc(C(=O)N2CCCNC(=O)C2)c1. The van der Waals surface area contributed by atoms with Gasteiger partial charge in [-0.3, -0.25) is 9.59 Å². The third-order valence-electron chi connectivity index (χ3n) is 3.10. The Bertz CT molecular complexity index is 595. The van der Waals surface area contributed by atoms with Crippen molar-refractivity contribution >= 4 is 23.9 Å². The zero-order valence-electron chi connectivity index (χ0n) is 11.4. The highest BCUT2D eigenvalue weighted by molar-refractivity contribution is 5.97. The van der Waals surface area contributed by atoms with E-state index in [0.29, 0.717) is 24.2 Å². The molecule has 2 amide bonds. The van der Waals surface area contributed by atoms with Crippen LogP contribution in [0.25, 0.3) is 6.08 Å². The molecule has 6 nitrogen and oxygen atoms in total. The minimum absolute atomic E-state index is 0.0496. The Morgan fingerprint density at radius 1 is 1.33 bits per heavy atom. The molecule has 1 fully saturated rings. The van der Waals surface area contributed by atoms with Crippen LogP contribution in [0.5, 0.6) is 0 Å². The zero-order valence-corrected chi connectivity index (χ0v) is 11.4. The van der Waals surface area contributed by atoms with Gasteiger partial charge in [-0.25, -0.2) is 4.79 Å². The summed E-state index contributed by atoms with van der Waals surface area (Å²) < 4.78 is 0. The van der Waals surface area contributed by atoms with Crippen LogP contribution < -0.4 is 5.32 Å². The predicted octanol–water partition coefficient (Wildman–Crippen LogP) is 0.746. The summed E-state index contributed by atoms with van der Waals surface area (Å²) in [6, 6.07) is 6.67. The van der Waals surface area contributed by atoms with Crippen molar-refractivity contribution in [2.24, 2.45) is 0 Å². The van der Waals surface area contributed by atoms with Gasteiger partial charge in [0.15, 0.2) is 0 Å². The first-order valence-corrected chi connectivity index (χ1v) is 6.63. The van der Waals surface area contributed by atoms with E-state index >= 15 is 0 Å². The van der Waals surface area contributed by atoms with Gasteiger partial charge in [-0.05, 0) is 30.2 Å². The number of amides is 2. The van der Waals surface area contributed by atoms with Gasteiger partial charge in [0.05, 0.1) is 6.54 Å². The molecule has 1 aromatic carbocycles. The fourth-order valence-corrected chi connectivity index (χ4v) is 2.10. The highest BCUT2D eigenvalue weighted by Gasteiger charge is 2.20. The summed E-state index contributed by atoms with van der Waals surface area (Å²) in [7, 11) is 0. The number of carboxylic acids is 1. The Morgan fingerprint density at radius 3 is 2.90 bits per heavy atom. The van der Waals surface area contributed by atoms with E-state index in [4.69, 9.17) is 5.11 Å². The highest BCUT2D eigenvalue weighted by atomic mass is 16.4. The van der Waals surface area contributed by atoms with Gasteiger partial charge in [-0.1, -0.05) is 12.1 Å². The fourth-order valence-electron chi connectivity index (χ4n) is 2.10. The number of hydrogen-bond donors (Lipinski definition) is 2. The van der Waals surface area contributed by atoms with E-state index in [2.05, 4.69) is 5.32 Å². The van der Waals surface area contributed by atoms with Gasteiger partial charge in [-0.15, -0.1) is 0 Å². The van der Waals surface area contributed by atoms with Crippen LogP contribution in [-0.4, -0.2) is 47.4 Å². The first-order chi connectivity index (χ1) is 10.1. The molecule has 1 aliphatic heterocycles. The Kier molecular flexibility index (Phi) is 4.71. The maximum atomic E-state index is 12.4. The Morgan fingerprint density at radius 2 is 2.14 bits per heavy atom. The van der Waals surface area contributed by atoms with E-state index < -0.39 is 5.97 Å². The zero-order chi connectivity index (χ0) is 15.2. The monoisotopic (exact) mass is 288 g/mol. The van der Waals surface area contributed by atoms with Gasteiger partial charge in [0.2, 0.25) is 5.91 Å². The van der Waals surface area contributed by atoms with Crippen molar-refractivity contribution in [1.82, 2.24) is 10.2 Å². The number of rotatable bonds is 3. The summed E-state index contributed by atoms with van der Waals surface area (Å²) in [4.78, 5) is 35.9. The lowest BCUT2D eigenvalue weighted by Crippen LogP contribution is -2.37. The minimum atomic E-state index is -1.05. The Hall–Kier alpha value is -2.63. The molecular formula is C15H16N2O4. The molecule has 1 saturated heterocycles. The lowest BCUT2D eigenvalue weighted by atomic mass is 10.1. The highest BCUT2D eigenvalue weighted by Crippen LogP contribution is 2.11. The van der Waals surface area contributed by atoms with E-state index in [1.165, 1.54) is 11.0 Å². The maximum absolute atomic E-state index is 12.4. The molecule has 0 aromatic heterocycles. The fraction of sp³-hybridized carbons (Fsp3) is 0.267. The first-order valence-electron chi connectivity index (χ1n) is 6.63. The van der Waals surface area contributed by atoms with Gasteiger partial charge >= 0.3 is 5.97 Å². The predicted molar refractivity (Wildman–Crippen MR) is 76.6 cm³/mol. The van der Waals surface area contributed by atoms with Crippen LogP contribution in [0.4, 0.5) is 0 Å². The van der Waals surface area contributed by atoms with E-state index in [9.17, 15) is 14.4 Å². The van der Waals surface area contributed by atoms with E-state index in [1.807, 2.05) is 0 Å². The normalized spacial score (nSPS) is 15.6. The smallest absolute Gasteiger partial charge is 0.328 e. The molecule has 0 bridgehead atoms. The van der Waals surface area contributed by atoms with Gasteiger partial charge in [0, 0.05) is 24.7 Å². The standard InChI is InChI=1S/C15H16N2O4/c18-13-10-17(8-2-7-16-13)15(21)12-4-1-3-11(9-12)5-6-14(19)20/h1,3-6,9H,2,7-8,10H2,(H,16,18)(H,19,20). The molecule has 0 atom stereocenters. The number of carbonyl (C=O) groups is 3. The molecule has 0 radical (unpaired) electrons. The van der Waals surface area contributed by atoms with Crippen molar-refractivity contribution in [3.05, 3.63) is 41.5 Å². The molecule has 0 spiro atoms. The molecule has 2 rings (SSSR count). The van der Waals surface area contributed by atoms with Crippen molar-refractivity contribution in [1.29, 1.82) is 0 Å². The largest absolute Gasteiger partial charge is 0.478 e. The molecule has 6 heteroatoms. The average Bonchev–Trinajstić information content (AvgIpc) is 2.69. The number of hydrogen-bond acceptors (Lipinski definition) is 3. The minimum Gasteiger partial charge on any atom is -0.478 e. The third-order valence-corrected chi connectivity index (χ3v) is 3.10. The number of benzene rings is 1. The second-order valence-corrected chi connectivity index (χ2v) is 4.73. The van der Waals surface area contributed by atoms with Crippen LogP contribution in [-0.2, 0) is 9.59 Å². The lowest BCUT2D eigenvalue weighted by molar-refractivity contribution is -0.131. The number of aliphatic carboxylic acids is 1. The summed E-state index contributed by atoms with van der Waals surface area (Å²) in [6.07, 6.45) is 3.16. The van der Waals surface area contributed by atoms with Gasteiger partial charge in [0.25, 0.3) is 5.91 Å². The summed E-state index contributed by atoms with van der Waals surface area (Å²) in [5, 5.41) is 11.3. The number of carboxylic acid groups (broad SMARTS) is 1. The summed E-state index contributed by atoms with van der Waals surface area (Å²) in [6.45, 7) is 1.14. The summed E-state index contributed by atoms with van der Waals surface area (Å²) >= 11 is 0. The third kappa shape index (κ3) is 4.17. The van der Waals surface area contributed by atoms with Crippen LogP contribution in [0.2, 0.25) is 0 Å². The van der Waals surface area contributed by atoms with Crippen LogP contribution in [0.1, 0.15) is 22.3 Å². The molecule has 0 saturated carbocycles. The quantitative estimate of drug-likeness (QED) is 0.803. The molecule has 1 heterocycles. The molecule has 2 N–H and O–H groups in total. The second-order valence-electron chi connectivity index (χ2n) is 4.73. The summed E-state index contributed by atoms with van der Waals surface area (Å²) in [5.74, 6) is -1.43. The maximum Gasteiger partial charge on any atom is 0.328 e. The van der Waals surface area contributed by atoms with E-state index in [1.54, 1.807) is 24.3 Å². The lowest BCUT2D eigenvalue weighted by Gasteiger charge is -2.19. The second kappa shape index (κ2) is 6.69. The van der Waals surface area contributed by atoms with Crippen molar-refractivity contribution in [2.45, 2.75) is 6.42 Å². The van der Waals surface area contributed by atoms with Crippen LogP contribution in [0, 0.1) is 0 Å². The Balaban J connectivity index is 2.16. The van der Waals surface area contributed by atoms with Crippen molar-refractivity contribution in [3.63, 3.8) is 0 Å². The van der Waals surface area contributed by atoms with Crippen LogP contribution in [0.15, 0.2) is 30.3 Å². The average molecular weight is 288 g/mol.